The predicted molar refractivity (Wildman–Crippen MR) is 116 cm³/mol. The Labute approximate surface area is 180 Å². The van der Waals surface area contributed by atoms with E-state index >= 15 is 0 Å². The van der Waals surface area contributed by atoms with Crippen LogP contribution < -0.4 is 14.3 Å². The first-order valence-corrected chi connectivity index (χ1v) is 10.7. The SMILES string of the molecule is COc1cc(/C=N/NC(=O)c2ccccn2)ccc1OS(=O)(=O)c1cc(C)ccc1C. The minimum atomic E-state index is -4.05. The molecule has 1 N–H and O–H groups in total. The average molecular weight is 439 g/mol. The summed E-state index contributed by atoms with van der Waals surface area (Å²) in [7, 11) is -2.65. The molecule has 0 aliphatic rings. The van der Waals surface area contributed by atoms with E-state index in [9.17, 15) is 13.2 Å². The van der Waals surface area contributed by atoms with E-state index in [1.54, 1.807) is 56.3 Å². The zero-order chi connectivity index (χ0) is 22.4. The van der Waals surface area contributed by atoms with Crippen LogP contribution in [0.25, 0.3) is 0 Å². The molecule has 0 aliphatic carbocycles. The zero-order valence-electron chi connectivity index (χ0n) is 17.2. The highest BCUT2D eigenvalue weighted by Crippen LogP contribution is 2.31. The Balaban J connectivity index is 1.77. The molecule has 3 aromatic rings. The number of ether oxygens (including phenoxy) is 1. The van der Waals surface area contributed by atoms with Gasteiger partial charge in [-0.15, -0.1) is 0 Å². The van der Waals surface area contributed by atoms with E-state index < -0.39 is 16.0 Å². The Bertz CT molecular complexity index is 1230. The lowest BCUT2D eigenvalue weighted by Gasteiger charge is -2.13. The summed E-state index contributed by atoms with van der Waals surface area (Å²) in [4.78, 5) is 16.0. The van der Waals surface area contributed by atoms with Crippen molar-refractivity contribution in [2.45, 2.75) is 18.7 Å². The van der Waals surface area contributed by atoms with Crippen molar-refractivity contribution in [3.63, 3.8) is 0 Å². The molecule has 0 saturated heterocycles. The van der Waals surface area contributed by atoms with Crippen LogP contribution in [0.4, 0.5) is 0 Å². The van der Waals surface area contributed by atoms with Gasteiger partial charge in [0.25, 0.3) is 5.91 Å². The van der Waals surface area contributed by atoms with Gasteiger partial charge in [-0.2, -0.15) is 13.5 Å². The van der Waals surface area contributed by atoms with Crippen LogP contribution in [0.2, 0.25) is 0 Å². The Morgan fingerprint density at radius 1 is 1.06 bits per heavy atom. The quantitative estimate of drug-likeness (QED) is 0.344. The lowest BCUT2D eigenvalue weighted by atomic mass is 10.2. The number of pyridine rings is 1. The van der Waals surface area contributed by atoms with Crippen LogP contribution in [0.3, 0.4) is 0 Å². The van der Waals surface area contributed by atoms with E-state index in [0.717, 1.165) is 5.56 Å². The van der Waals surface area contributed by atoms with Crippen molar-refractivity contribution in [2.24, 2.45) is 5.10 Å². The molecule has 1 heterocycles. The topological polar surface area (TPSA) is 107 Å². The van der Waals surface area contributed by atoms with Gasteiger partial charge in [0.05, 0.1) is 13.3 Å². The molecule has 0 saturated carbocycles. The molecule has 9 heteroatoms. The molecule has 8 nitrogen and oxygen atoms in total. The first-order valence-electron chi connectivity index (χ1n) is 9.24. The largest absolute Gasteiger partial charge is 0.493 e. The summed E-state index contributed by atoms with van der Waals surface area (Å²) >= 11 is 0. The third-order valence-corrected chi connectivity index (χ3v) is 5.65. The molecule has 31 heavy (non-hydrogen) atoms. The number of aryl methyl sites for hydroxylation is 2. The molecule has 0 aliphatic heterocycles. The maximum Gasteiger partial charge on any atom is 0.339 e. The van der Waals surface area contributed by atoms with Crippen LogP contribution in [0.5, 0.6) is 11.5 Å². The number of aromatic nitrogens is 1. The van der Waals surface area contributed by atoms with Crippen molar-refractivity contribution in [3.8, 4) is 11.5 Å². The number of rotatable bonds is 7. The molecule has 0 fully saturated rings. The van der Waals surface area contributed by atoms with E-state index in [4.69, 9.17) is 8.92 Å². The van der Waals surface area contributed by atoms with Crippen LogP contribution in [0.15, 0.2) is 70.8 Å². The van der Waals surface area contributed by atoms with Gasteiger partial charge >= 0.3 is 10.1 Å². The second-order valence-electron chi connectivity index (χ2n) is 6.63. The van der Waals surface area contributed by atoms with Crippen molar-refractivity contribution >= 4 is 22.2 Å². The third kappa shape index (κ3) is 5.46. The normalized spacial score (nSPS) is 11.3. The second kappa shape index (κ2) is 9.40. The van der Waals surface area contributed by atoms with Crippen molar-refractivity contribution in [1.82, 2.24) is 10.4 Å². The summed E-state index contributed by atoms with van der Waals surface area (Å²) in [5.41, 5.74) is 4.55. The number of hydrazone groups is 1. The lowest BCUT2D eigenvalue weighted by Crippen LogP contribution is -2.18. The van der Waals surface area contributed by atoms with Crippen molar-refractivity contribution in [1.29, 1.82) is 0 Å². The number of carbonyl (C=O) groups excluding carboxylic acids is 1. The standard InChI is InChI=1S/C22H21N3O5S/c1-15-7-8-16(2)21(12-15)31(27,28)30-19-10-9-17(13-20(19)29-3)14-24-25-22(26)18-6-4-5-11-23-18/h4-14H,1-3H3,(H,25,26)/b24-14+. The number of hydrogen-bond donors (Lipinski definition) is 1. The number of benzene rings is 2. The van der Waals surface area contributed by atoms with E-state index in [-0.39, 0.29) is 22.1 Å². The average Bonchev–Trinajstić information content (AvgIpc) is 2.76. The number of carbonyl (C=O) groups is 1. The predicted octanol–water partition coefficient (Wildman–Crippen LogP) is 3.24. The first-order chi connectivity index (χ1) is 14.8. The lowest BCUT2D eigenvalue weighted by molar-refractivity contribution is 0.0950. The van der Waals surface area contributed by atoms with Crippen LogP contribution >= 0.6 is 0 Å². The smallest absolute Gasteiger partial charge is 0.339 e. The number of hydrogen-bond acceptors (Lipinski definition) is 7. The molecule has 0 spiro atoms. The van der Waals surface area contributed by atoms with Crippen molar-refractivity contribution in [3.05, 3.63) is 83.2 Å². The Morgan fingerprint density at radius 2 is 1.87 bits per heavy atom. The van der Waals surface area contributed by atoms with Gasteiger partial charge in [-0.1, -0.05) is 18.2 Å². The minimum Gasteiger partial charge on any atom is -0.493 e. The van der Waals surface area contributed by atoms with E-state index in [0.29, 0.717) is 11.1 Å². The summed E-state index contributed by atoms with van der Waals surface area (Å²) in [6, 6.07) is 14.7. The Hall–Kier alpha value is -3.72. The van der Waals surface area contributed by atoms with Gasteiger partial charge in [0.1, 0.15) is 10.6 Å². The van der Waals surface area contributed by atoms with Gasteiger partial charge in [0.2, 0.25) is 0 Å². The Kier molecular flexibility index (Phi) is 6.66. The maximum absolute atomic E-state index is 12.8. The summed E-state index contributed by atoms with van der Waals surface area (Å²) in [5.74, 6) is -0.213. The highest BCUT2D eigenvalue weighted by atomic mass is 32.2. The molecule has 2 aromatic carbocycles. The van der Waals surface area contributed by atoms with Crippen LogP contribution in [-0.4, -0.2) is 32.6 Å². The van der Waals surface area contributed by atoms with Gasteiger partial charge in [-0.25, -0.2) is 5.43 Å². The van der Waals surface area contributed by atoms with Gasteiger partial charge in [-0.05, 0) is 66.9 Å². The zero-order valence-corrected chi connectivity index (χ0v) is 18.0. The molecule has 1 aromatic heterocycles. The Morgan fingerprint density at radius 3 is 2.58 bits per heavy atom. The number of methoxy groups -OCH3 is 1. The second-order valence-corrected chi connectivity index (χ2v) is 8.15. The molecule has 3 rings (SSSR count). The van der Waals surface area contributed by atoms with E-state index in [2.05, 4.69) is 15.5 Å². The van der Waals surface area contributed by atoms with E-state index in [1.165, 1.54) is 25.6 Å². The molecule has 0 bridgehead atoms. The molecule has 160 valence electrons. The fourth-order valence-electron chi connectivity index (χ4n) is 2.69. The van der Waals surface area contributed by atoms with Crippen LogP contribution in [-0.2, 0) is 10.1 Å². The fourth-order valence-corrected chi connectivity index (χ4v) is 3.95. The summed E-state index contributed by atoms with van der Waals surface area (Å²) < 4.78 is 36.1. The molecule has 0 unspecified atom stereocenters. The molecule has 1 amide bonds. The van der Waals surface area contributed by atoms with Crippen molar-refractivity contribution < 1.29 is 22.1 Å². The van der Waals surface area contributed by atoms with Gasteiger partial charge < -0.3 is 8.92 Å². The van der Waals surface area contributed by atoms with Crippen molar-refractivity contribution in [2.75, 3.05) is 7.11 Å². The first kappa shape index (κ1) is 22.0. The number of nitrogens with zero attached hydrogens (tertiary/aromatic N) is 2. The molecule has 0 radical (unpaired) electrons. The summed E-state index contributed by atoms with van der Waals surface area (Å²) in [6.07, 6.45) is 2.90. The minimum absolute atomic E-state index is 0.0399. The highest BCUT2D eigenvalue weighted by molar-refractivity contribution is 7.87. The number of amides is 1. The summed E-state index contributed by atoms with van der Waals surface area (Å²) in [6.45, 7) is 3.51. The molecular weight excluding hydrogens is 418 g/mol. The highest BCUT2D eigenvalue weighted by Gasteiger charge is 2.21. The third-order valence-electron chi connectivity index (χ3n) is 4.28. The van der Waals surface area contributed by atoms with Crippen LogP contribution in [0.1, 0.15) is 27.2 Å². The molecule has 0 atom stereocenters. The van der Waals surface area contributed by atoms with Gasteiger partial charge in [-0.3, -0.25) is 9.78 Å². The molecular formula is C22H21N3O5S. The van der Waals surface area contributed by atoms with E-state index in [1.807, 2.05) is 6.07 Å². The monoisotopic (exact) mass is 439 g/mol. The maximum atomic E-state index is 12.8. The summed E-state index contributed by atoms with van der Waals surface area (Å²) in [5, 5.41) is 3.89. The van der Waals surface area contributed by atoms with Gasteiger partial charge in [0.15, 0.2) is 11.5 Å². The van der Waals surface area contributed by atoms with Crippen LogP contribution in [0, 0.1) is 13.8 Å². The van der Waals surface area contributed by atoms with Gasteiger partial charge in [0, 0.05) is 6.20 Å². The number of nitrogens with one attached hydrogen (secondary N) is 1. The fraction of sp³-hybridized carbons (Fsp3) is 0.136.